The van der Waals surface area contributed by atoms with Crippen LogP contribution < -0.4 is 4.74 Å². The Morgan fingerprint density at radius 1 is 1.05 bits per heavy atom. The lowest BCUT2D eigenvalue weighted by atomic mass is 10.1. The zero-order chi connectivity index (χ0) is 16.2. The van der Waals surface area contributed by atoms with Crippen molar-refractivity contribution in [1.82, 2.24) is 1.33 Å². The van der Waals surface area contributed by atoms with E-state index in [1.165, 1.54) is 0 Å². The van der Waals surface area contributed by atoms with Crippen LogP contribution >= 0.6 is 68.3 Å². The number of phenols is 1. The van der Waals surface area contributed by atoms with Crippen molar-refractivity contribution in [2.24, 2.45) is 0 Å². The van der Waals surface area contributed by atoms with Gasteiger partial charge in [0.05, 0.1) is 0 Å². The van der Waals surface area contributed by atoms with Crippen LogP contribution in [0.2, 0.25) is 0 Å². The zero-order valence-corrected chi connectivity index (χ0v) is 17.6. The van der Waals surface area contributed by atoms with Crippen LogP contribution in [0.15, 0.2) is 48.5 Å². The van der Waals surface area contributed by atoms with E-state index in [-0.39, 0.29) is 5.75 Å². The second kappa shape index (κ2) is 8.11. The molecule has 0 aromatic heterocycles. The molecule has 2 aromatic rings. The average Bonchev–Trinajstić information content (AvgIpc) is 2.51. The summed E-state index contributed by atoms with van der Waals surface area (Å²) in [5.41, 5.74) is 1.02. The maximum atomic E-state index is 11.2. The summed E-state index contributed by atoms with van der Waals surface area (Å²) in [6.07, 6.45) is 2.64. The summed E-state index contributed by atoms with van der Waals surface area (Å²) in [6.45, 7) is 0. The van der Waals surface area contributed by atoms with E-state index >= 15 is 0 Å². The molecule has 0 amide bonds. The van der Waals surface area contributed by atoms with Crippen LogP contribution in [0.1, 0.15) is 5.56 Å². The molecule has 7 heteroatoms. The van der Waals surface area contributed by atoms with E-state index in [2.05, 4.69) is 74.6 Å². The van der Waals surface area contributed by atoms with Crippen molar-refractivity contribution in [2.45, 2.75) is 9.97 Å². The number of hydrogen-bond acceptors (Lipinski definition) is 4. The monoisotopic (exact) mass is 634 g/mol. The van der Waals surface area contributed by atoms with Crippen molar-refractivity contribution >= 4 is 74.6 Å². The fourth-order valence-electron chi connectivity index (χ4n) is 1.73. The molecule has 115 valence electrons. The normalized spacial score (nSPS) is 13.6. The molecule has 0 saturated heterocycles. The molecule has 0 unspecified atom stereocenters. The molecule has 1 atom stereocenters. The number of rotatable bonds is 6. The highest BCUT2D eigenvalue weighted by Gasteiger charge is 2.32. The molecular formula is C15H11I3NO3. The molecule has 0 aliphatic carbocycles. The average molecular weight is 634 g/mol. The molecule has 4 nitrogen and oxygen atoms in total. The molecule has 22 heavy (non-hydrogen) atoms. The standard InChI is InChI=1S/C15H11I3NO3/c16-15(10-20,19(17)18)9-11-1-5-13(6-2-11)22-14-7-3-12(21)4-8-14/h1-8,21H,9H2/t15-/m0/s1. The fraction of sp³-hybridized carbons (Fsp3) is 0.133. The Balaban J connectivity index is 2.07. The first-order valence-electron chi connectivity index (χ1n) is 6.19. The molecule has 0 aliphatic heterocycles. The van der Waals surface area contributed by atoms with E-state index in [0.717, 1.165) is 5.56 Å². The second-order valence-electron chi connectivity index (χ2n) is 4.51. The van der Waals surface area contributed by atoms with Crippen molar-refractivity contribution in [3.63, 3.8) is 0 Å². The van der Waals surface area contributed by atoms with Gasteiger partial charge in [0.25, 0.3) is 0 Å². The fourth-order valence-corrected chi connectivity index (χ4v) is 2.70. The Morgan fingerprint density at radius 2 is 1.55 bits per heavy atom. The van der Waals surface area contributed by atoms with Crippen LogP contribution in [0.3, 0.4) is 0 Å². The van der Waals surface area contributed by atoms with Crippen LogP contribution in [0.5, 0.6) is 17.2 Å². The number of alkyl halides is 1. The van der Waals surface area contributed by atoms with Crippen molar-refractivity contribution in [3.05, 3.63) is 54.1 Å². The Labute approximate surface area is 170 Å². The summed E-state index contributed by atoms with van der Waals surface area (Å²) in [5, 5.41) is 9.24. The van der Waals surface area contributed by atoms with Gasteiger partial charge in [-0.3, -0.25) is 4.79 Å². The molecule has 0 heterocycles. The number of aromatic hydroxyl groups is 1. The summed E-state index contributed by atoms with van der Waals surface area (Å²) in [6, 6.07) is 14.1. The lowest BCUT2D eigenvalue weighted by molar-refractivity contribution is 0.464. The van der Waals surface area contributed by atoms with Crippen molar-refractivity contribution in [2.75, 3.05) is 0 Å². The van der Waals surface area contributed by atoms with E-state index in [9.17, 15) is 9.90 Å². The molecular weight excluding hydrogens is 623 g/mol. The zero-order valence-electron chi connectivity index (χ0n) is 11.2. The molecule has 2 rings (SSSR count). The van der Waals surface area contributed by atoms with Gasteiger partial charge >= 0.3 is 0 Å². The minimum atomic E-state index is -0.696. The molecule has 0 bridgehead atoms. The molecule has 0 aliphatic rings. The van der Waals surface area contributed by atoms with Gasteiger partial charge in [0, 0.05) is 52.1 Å². The molecule has 0 fully saturated rings. The number of carbonyl (C=O) groups excluding carboxylic acids is 1. The van der Waals surface area contributed by atoms with E-state index < -0.39 is 3.55 Å². The topological polar surface area (TPSA) is 49.8 Å². The van der Waals surface area contributed by atoms with Gasteiger partial charge in [-0.25, -0.2) is 0 Å². The Morgan fingerprint density at radius 3 is 2.00 bits per heavy atom. The van der Waals surface area contributed by atoms with E-state index in [4.69, 9.17) is 4.74 Å². The minimum Gasteiger partial charge on any atom is -0.508 e. The second-order valence-corrected chi connectivity index (χ2v) is 10.1. The third kappa shape index (κ3) is 4.93. The van der Waals surface area contributed by atoms with E-state index in [0.29, 0.717) is 17.9 Å². The quantitative estimate of drug-likeness (QED) is 0.211. The van der Waals surface area contributed by atoms with Gasteiger partial charge in [-0.15, -0.1) is 0 Å². The van der Waals surface area contributed by atoms with Gasteiger partial charge in [0.15, 0.2) is 3.55 Å². The van der Waals surface area contributed by atoms with Crippen LogP contribution in [0, 0.1) is 0 Å². The van der Waals surface area contributed by atoms with E-state index in [1.54, 1.807) is 25.6 Å². The van der Waals surface area contributed by atoms with Gasteiger partial charge in [-0.05, 0) is 42.0 Å². The van der Waals surface area contributed by atoms with Gasteiger partial charge in [0.2, 0.25) is 6.29 Å². The Kier molecular flexibility index (Phi) is 6.71. The number of hydrogen-bond donors (Lipinski definition) is 1. The van der Waals surface area contributed by atoms with E-state index in [1.807, 2.05) is 24.3 Å². The number of ether oxygens (including phenoxy) is 1. The van der Waals surface area contributed by atoms with Gasteiger partial charge in [-0.2, -0.15) is 1.33 Å². The highest BCUT2D eigenvalue weighted by atomic mass is 127. The van der Waals surface area contributed by atoms with Crippen molar-refractivity contribution in [3.8, 4) is 17.2 Å². The largest absolute Gasteiger partial charge is 0.508 e. The first kappa shape index (κ1) is 18.2. The Hall–Kier alpha value is -0.140. The predicted octanol–water partition coefficient (Wildman–Crippen LogP) is 4.97. The summed E-state index contributed by atoms with van der Waals surface area (Å²) < 4.78 is 6.78. The van der Waals surface area contributed by atoms with Crippen LogP contribution in [0.4, 0.5) is 0 Å². The first-order chi connectivity index (χ1) is 10.4. The predicted molar refractivity (Wildman–Crippen MR) is 111 cm³/mol. The smallest absolute Gasteiger partial charge is 0.233 e. The summed E-state index contributed by atoms with van der Waals surface area (Å²) in [7, 11) is 0. The Bertz CT molecular complexity index is 631. The maximum Gasteiger partial charge on any atom is 0.233 e. The van der Waals surface area contributed by atoms with Crippen LogP contribution in [0.25, 0.3) is 0 Å². The molecule has 1 N–H and O–H groups in total. The minimum absolute atomic E-state index is 0.202. The first-order valence-corrected chi connectivity index (χ1v) is 9.19. The van der Waals surface area contributed by atoms with Crippen LogP contribution in [-0.4, -0.2) is 16.3 Å². The summed E-state index contributed by atoms with van der Waals surface area (Å²) in [5.74, 6) is 1.55. The van der Waals surface area contributed by atoms with Crippen LogP contribution in [-0.2, 0) is 11.2 Å². The third-order valence-corrected chi connectivity index (χ3v) is 7.44. The molecule has 0 spiro atoms. The van der Waals surface area contributed by atoms with Gasteiger partial charge in [-0.1, -0.05) is 34.7 Å². The number of nitrogens with zero attached hydrogens (tertiary/aromatic N) is 1. The molecule has 2 aromatic carbocycles. The third-order valence-electron chi connectivity index (χ3n) is 2.86. The molecule has 0 saturated carbocycles. The van der Waals surface area contributed by atoms with Gasteiger partial charge in [0.1, 0.15) is 17.2 Å². The highest BCUT2D eigenvalue weighted by Crippen LogP contribution is 2.33. The number of benzene rings is 2. The molecule has 1 radical (unpaired) electrons. The van der Waals surface area contributed by atoms with Gasteiger partial charge < -0.3 is 9.84 Å². The lowest BCUT2D eigenvalue weighted by Crippen LogP contribution is -2.34. The highest BCUT2D eigenvalue weighted by molar-refractivity contribution is 14.2. The van der Waals surface area contributed by atoms with Crippen molar-refractivity contribution in [1.29, 1.82) is 0 Å². The maximum absolute atomic E-state index is 11.2. The summed E-state index contributed by atoms with van der Waals surface area (Å²) >= 11 is 6.25. The SMILES string of the molecule is O=[C][C@](I)(Cc1ccc(Oc2ccc(O)cc2)cc1)N(I)I. The lowest BCUT2D eigenvalue weighted by Gasteiger charge is -2.24. The number of halogens is 3. The number of phenolic OH excluding ortho intramolecular Hbond substituents is 1. The van der Waals surface area contributed by atoms with Crippen molar-refractivity contribution < 1.29 is 14.6 Å². The summed E-state index contributed by atoms with van der Waals surface area (Å²) in [4.78, 5) is 11.2.